The summed E-state index contributed by atoms with van der Waals surface area (Å²) in [5.41, 5.74) is -1.52. The lowest BCUT2D eigenvalue weighted by molar-refractivity contribution is -0.140. The molecule has 4 aromatic rings. The quantitative estimate of drug-likeness (QED) is 0.259. The lowest BCUT2D eigenvalue weighted by Gasteiger charge is -2.18. The van der Waals surface area contributed by atoms with Gasteiger partial charge in [-0.2, -0.15) is 13.2 Å². The molecule has 192 valence electrons. The predicted octanol–water partition coefficient (Wildman–Crippen LogP) is 6.92. The number of rotatable bonds is 7. The van der Waals surface area contributed by atoms with Crippen LogP contribution in [-0.4, -0.2) is 29.3 Å². The van der Waals surface area contributed by atoms with E-state index in [1.54, 1.807) is 0 Å². The average Bonchev–Trinajstić information content (AvgIpc) is 2.87. The monoisotopic (exact) mass is 534 g/mol. The Bertz CT molecular complexity index is 1430. The first-order valence-corrected chi connectivity index (χ1v) is 11.1. The first-order chi connectivity index (χ1) is 17.6. The highest BCUT2D eigenvalue weighted by Crippen LogP contribution is 2.44. The van der Waals surface area contributed by atoms with Crippen LogP contribution in [0.2, 0.25) is 5.02 Å². The molecule has 0 radical (unpaired) electrons. The minimum absolute atomic E-state index is 0.00559. The van der Waals surface area contributed by atoms with Gasteiger partial charge in [-0.3, -0.25) is 0 Å². The molecule has 0 bridgehead atoms. The number of phenols is 1. The molecule has 0 saturated carbocycles. The van der Waals surface area contributed by atoms with E-state index in [9.17, 15) is 22.7 Å². The van der Waals surface area contributed by atoms with Crippen molar-refractivity contribution in [3.05, 3.63) is 83.0 Å². The van der Waals surface area contributed by atoms with Crippen molar-refractivity contribution in [2.24, 2.45) is 0 Å². The zero-order chi connectivity index (χ0) is 26.7. The highest BCUT2D eigenvalue weighted by Gasteiger charge is 2.38. The Balaban J connectivity index is 1.78. The van der Waals surface area contributed by atoms with Gasteiger partial charge >= 0.3 is 6.18 Å². The Hall–Kier alpha value is -4.05. The van der Waals surface area contributed by atoms with Gasteiger partial charge in [-0.1, -0.05) is 23.7 Å². The van der Waals surface area contributed by atoms with E-state index in [0.29, 0.717) is 5.75 Å². The number of nitrogens with zero attached hydrogens (tertiary/aromatic N) is 2. The van der Waals surface area contributed by atoms with Gasteiger partial charge in [0, 0.05) is 22.8 Å². The van der Waals surface area contributed by atoms with Crippen LogP contribution in [-0.2, 0) is 12.8 Å². The Labute approximate surface area is 214 Å². The molecule has 3 aromatic carbocycles. The number of hydrogen-bond acceptors (Lipinski definition) is 6. The second-order valence-electron chi connectivity index (χ2n) is 7.68. The van der Waals surface area contributed by atoms with Crippen molar-refractivity contribution in [2.75, 3.05) is 14.2 Å². The van der Waals surface area contributed by atoms with Gasteiger partial charge in [0.2, 0.25) is 0 Å². The van der Waals surface area contributed by atoms with Crippen LogP contribution in [0.5, 0.6) is 23.0 Å². The van der Waals surface area contributed by atoms with Crippen LogP contribution < -0.4 is 14.2 Å². The molecule has 6 nitrogen and oxygen atoms in total. The largest absolute Gasteiger partial charge is 0.507 e. The summed E-state index contributed by atoms with van der Waals surface area (Å²) in [5.74, 6) is -0.321. The molecule has 0 aliphatic carbocycles. The summed E-state index contributed by atoms with van der Waals surface area (Å²) in [6, 6.07) is 12.4. The van der Waals surface area contributed by atoms with Crippen molar-refractivity contribution < 1.29 is 36.9 Å². The number of halogens is 5. The SMILES string of the molecule is COc1ccc(-c2c(-c3ccc(OCc4c(F)cccc4Cl)cc3O)ncnc2C(F)(F)F)cc1OC. The number of benzene rings is 3. The van der Waals surface area contributed by atoms with E-state index in [1.807, 2.05) is 0 Å². The third-order valence-corrected chi connectivity index (χ3v) is 5.81. The first-order valence-electron chi connectivity index (χ1n) is 10.7. The van der Waals surface area contributed by atoms with Crippen molar-refractivity contribution in [1.29, 1.82) is 0 Å². The number of aromatic nitrogens is 2. The Kier molecular flexibility index (Phi) is 7.40. The summed E-state index contributed by atoms with van der Waals surface area (Å²) in [5, 5.41) is 10.9. The Morgan fingerprint density at radius 1 is 0.946 bits per heavy atom. The summed E-state index contributed by atoms with van der Waals surface area (Å²) in [6.45, 7) is -0.229. The number of alkyl halides is 3. The van der Waals surface area contributed by atoms with E-state index < -0.39 is 23.4 Å². The van der Waals surface area contributed by atoms with Gasteiger partial charge in [-0.15, -0.1) is 0 Å². The van der Waals surface area contributed by atoms with Crippen molar-refractivity contribution >= 4 is 11.6 Å². The van der Waals surface area contributed by atoms with Crippen molar-refractivity contribution in [1.82, 2.24) is 9.97 Å². The van der Waals surface area contributed by atoms with Gasteiger partial charge in [0.25, 0.3) is 0 Å². The van der Waals surface area contributed by atoms with Crippen molar-refractivity contribution in [3.8, 4) is 45.4 Å². The maximum absolute atomic E-state index is 14.0. The first kappa shape index (κ1) is 26.0. The number of ether oxygens (including phenoxy) is 3. The summed E-state index contributed by atoms with van der Waals surface area (Å²) in [7, 11) is 2.76. The molecule has 0 amide bonds. The molecule has 1 N–H and O–H groups in total. The van der Waals surface area contributed by atoms with Crippen LogP contribution in [0, 0.1) is 5.82 Å². The number of hydrogen-bond donors (Lipinski definition) is 1. The molecule has 1 aromatic heterocycles. The lowest BCUT2D eigenvalue weighted by atomic mass is 9.96. The minimum Gasteiger partial charge on any atom is -0.507 e. The van der Waals surface area contributed by atoms with Gasteiger partial charge < -0.3 is 19.3 Å². The fourth-order valence-corrected chi connectivity index (χ4v) is 3.91. The Morgan fingerprint density at radius 2 is 1.70 bits per heavy atom. The molecule has 11 heteroatoms. The van der Waals surface area contributed by atoms with Crippen molar-refractivity contribution in [3.63, 3.8) is 0 Å². The van der Waals surface area contributed by atoms with E-state index in [0.717, 1.165) is 6.33 Å². The van der Waals surface area contributed by atoms with E-state index in [-0.39, 0.29) is 51.1 Å². The van der Waals surface area contributed by atoms with Crippen LogP contribution in [0.4, 0.5) is 17.6 Å². The Morgan fingerprint density at radius 3 is 2.35 bits per heavy atom. The van der Waals surface area contributed by atoms with Gasteiger partial charge in [-0.25, -0.2) is 14.4 Å². The van der Waals surface area contributed by atoms with Gasteiger partial charge in [0.05, 0.1) is 24.9 Å². The van der Waals surface area contributed by atoms with Gasteiger partial charge in [0.15, 0.2) is 17.2 Å². The molecule has 0 atom stereocenters. The average molecular weight is 535 g/mol. The van der Waals surface area contributed by atoms with Crippen molar-refractivity contribution in [2.45, 2.75) is 12.8 Å². The normalized spacial score (nSPS) is 11.3. The van der Waals surface area contributed by atoms with Gasteiger partial charge in [0.1, 0.15) is 30.3 Å². The van der Waals surface area contributed by atoms with Gasteiger partial charge in [-0.05, 0) is 42.0 Å². The fourth-order valence-electron chi connectivity index (χ4n) is 3.70. The minimum atomic E-state index is -4.82. The summed E-state index contributed by atoms with van der Waals surface area (Å²) >= 11 is 6.01. The topological polar surface area (TPSA) is 73.7 Å². The number of aromatic hydroxyl groups is 1. The fraction of sp³-hybridized carbons (Fsp3) is 0.154. The van der Waals surface area contributed by atoms with E-state index in [4.69, 9.17) is 25.8 Å². The summed E-state index contributed by atoms with van der Waals surface area (Å²) in [6.07, 6.45) is -4.05. The molecular formula is C26H19ClF4N2O4. The smallest absolute Gasteiger partial charge is 0.434 e. The zero-order valence-electron chi connectivity index (χ0n) is 19.4. The van der Waals surface area contributed by atoms with Crippen LogP contribution in [0.25, 0.3) is 22.4 Å². The standard InChI is InChI=1S/C26H19ClF4N2O4/c1-35-21-9-6-14(10-22(21)36-2)23-24(32-13-33-25(23)26(29,30)31)16-8-7-15(11-20(16)34)37-12-17-18(27)4-3-5-19(17)28/h3-11,13,34H,12H2,1-2H3. The molecule has 4 rings (SSSR count). The van der Waals surface area contributed by atoms with Crippen LogP contribution in [0.15, 0.2) is 60.9 Å². The summed E-state index contributed by atoms with van der Waals surface area (Å²) < 4.78 is 71.9. The molecule has 0 spiro atoms. The summed E-state index contributed by atoms with van der Waals surface area (Å²) in [4.78, 5) is 7.53. The van der Waals surface area contributed by atoms with Crippen LogP contribution in [0.3, 0.4) is 0 Å². The highest BCUT2D eigenvalue weighted by atomic mass is 35.5. The second kappa shape index (κ2) is 10.5. The second-order valence-corrected chi connectivity index (χ2v) is 8.09. The molecule has 37 heavy (non-hydrogen) atoms. The molecule has 1 heterocycles. The van der Waals surface area contributed by atoms with Crippen LogP contribution in [0.1, 0.15) is 11.3 Å². The number of methoxy groups -OCH3 is 2. The van der Waals surface area contributed by atoms with E-state index in [1.165, 1.54) is 68.8 Å². The maximum Gasteiger partial charge on any atom is 0.434 e. The highest BCUT2D eigenvalue weighted by molar-refractivity contribution is 6.31. The molecular weight excluding hydrogens is 516 g/mol. The maximum atomic E-state index is 14.0. The third kappa shape index (κ3) is 5.39. The molecule has 0 unspecified atom stereocenters. The predicted molar refractivity (Wildman–Crippen MR) is 128 cm³/mol. The third-order valence-electron chi connectivity index (χ3n) is 5.46. The molecule has 0 aliphatic rings. The lowest BCUT2D eigenvalue weighted by Crippen LogP contribution is -2.12. The van der Waals surface area contributed by atoms with E-state index in [2.05, 4.69) is 9.97 Å². The molecule has 0 fully saturated rings. The molecule has 0 saturated heterocycles. The van der Waals surface area contributed by atoms with Crippen LogP contribution >= 0.6 is 11.6 Å². The number of phenolic OH excluding ortho intramolecular Hbond substituents is 1. The zero-order valence-corrected chi connectivity index (χ0v) is 20.2. The van der Waals surface area contributed by atoms with E-state index >= 15 is 0 Å². The molecule has 0 aliphatic heterocycles.